The maximum Gasteiger partial charge on any atom is 0.299 e. The molecule has 0 saturated carbocycles. The molecule has 0 N–H and O–H groups in total. The minimum absolute atomic E-state index is 0. The molecule has 1 aromatic rings. The average Bonchev–Trinajstić information content (AvgIpc) is 2.34. The highest BCUT2D eigenvalue weighted by Crippen LogP contribution is 2.24. The topological polar surface area (TPSA) is 54.7 Å². The Morgan fingerprint density at radius 2 is 2.09 bits per heavy atom. The van der Waals surface area contributed by atoms with Crippen molar-refractivity contribution in [3.63, 3.8) is 0 Å². The summed E-state index contributed by atoms with van der Waals surface area (Å²) in [6.07, 6.45) is 3.05. The number of hydrogen-bond acceptors (Lipinski definition) is 3. The highest BCUT2D eigenvalue weighted by atomic mass is 35.5. The Morgan fingerprint density at radius 1 is 1.27 bits per heavy atom. The van der Waals surface area contributed by atoms with Gasteiger partial charge < -0.3 is 0 Å². The van der Waals surface area contributed by atoms with Crippen LogP contribution in [0.3, 0.4) is 0 Å². The summed E-state index contributed by atoms with van der Waals surface area (Å²) in [5.74, 6) is -0.303. The second-order valence-electron chi connectivity index (χ2n) is 1.90. The second kappa shape index (κ2) is 2.75. The number of hydrogen-bond donors (Lipinski definition) is 0. The van der Waals surface area contributed by atoms with E-state index in [9.17, 15) is 4.79 Å². The van der Waals surface area contributed by atoms with Crippen LogP contribution in [0.4, 0.5) is 5.69 Å². The normalized spacial score (nSPS) is 12.5. The van der Waals surface area contributed by atoms with Crippen LogP contribution in [0.5, 0.6) is 0 Å². The zero-order chi connectivity index (χ0) is 6.97. The van der Waals surface area contributed by atoms with Crippen molar-refractivity contribution < 1.29 is 4.79 Å². The molecule has 0 saturated heterocycles. The summed E-state index contributed by atoms with van der Waals surface area (Å²) in [4.78, 5) is 14.5. The summed E-state index contributed by atoms with van der Waals surface area (Å²) < 4.78 is 0. The molecule has 4 nitrogen and oxygen atoms in total. The summed E-state index contributed by atoms with van der Waals surface area (Å²) in [5.41, 5.74) is 1.10. The molecule has 1 aliphatic heterocycles. The van der Waals surface area contributed by atoms with Crippen molar-refractivity contribution in [1.29, 1.82) is 0 Å². The molecular weight excluding hydrogens is 166 g/mol. The Morgan fingerprint density at radius 3 is 2.82 bits per heavy atom. The predicted octanol–water partition coefficient (Wildman–Crippen LogP) is 1.74. The molecule has 1 amide bonds. The van der Waals surface area contributed by atoms with Crippen molar-refractivity contribution >= 4 is 24.0 Å². The molecule has 2 rings (SSSR count). The van der Waals surface area contributed by atoms with Gasteiger partial charge in [-0.1, -0.05) is 0 Å². The van der Waals surface area contributed by atoms with Crippen LogP contribution in [0, 0.1) is 0 Å². The molecule has 0 fully saturated rings. The van der Waals surface area contributed by atoms with Crippen molar-refractivity contribution in [1.82, 2.24) is 4.98 Å². The van der Waals surface area contributed by atoms with E-state index in [0.717, 1.165) is 0 Å². The number of fused-ring (bicyclic) bond motifs is 1. The van der Waals surface area contributed by atoms with E-state index >= 15 is 0 Å². The third-order valence-corrected chi connectivity index (χ3v) is 1.28. The second-order valence-corrected chi connectivity index (χ2v) is 1.90. The van der Waals surface area contributed by atoms with Gasteiger partial charge in [-0.05, 0) is 6.07 Å². The van der Waals surface area contributed by atoms with Gasteiger partial charge in [0.15, 0.2) is 0 Å². The lowest BCUT2D eigenvalue weighted by atomic mass is 10.2. The molecule has 5 heteroatoms. The van der Waals surface area contributed by atoms with Crippen LogP contribution in [-0.2, 0) is 0 Å². The first kappa shape index (κ1) is 7.81. The molecule has 0 unspecified atom stereocenters. The fourth-order valence-corrected chi connectivity index (χ4v) is 0.792. The number of nitrogens with zero attached hydrogens (tertiary/aromatic N) is 3. The number of carbonyl (C=O) groups excluding carboxylic acids is 1. The van der Waals surface area contributed by atoms with Crippen LogP contribution in [0.1, 0.15) is 10.4 Å². The molecule has 1 aromatic heterocycles. The van der Waals surface area contributed by atoms with Crippen molar-refractivity contribution in [3.05, 3.63) is 24.0 Å². The van der Waals surface area contributed by atoms with Gasteiger partial charge in [0, 0.05) is 12.4 Å². The Balaban J connectivity index is 0.000000605. The van der Waals surface area contributed by atoms with E-state index in [1.165, 1.54) is 6.20 Å². The zero-order valence-corrected chi connectivity index (χ0v) is 6.21. The van der Waals surface area contributed by atoms with Crippen LogP contribution < -0.4 is 0 Å². The Bertz CT molecular complexity index is 323. The number of carbonyl (C=O) groups is 1. The highest BCUT2D eigenvalue weighted by Gasteiger charge is 2.15. The maximum atomic E-state index is 10.8. The van der Waals surface area contributed by atoms with Crippen molar-refractivity contribution in [2.24, 2.45) is 10.2 Å². The fourth-order valence-electron chi connectivity index (χ4n) is 0.792. The average molecular weight is 170 g/mol. The molecule has 11 heavy (non-hydrogen) atoms. The molecular formula is C6H4ClN3O. The number of rotatable bonds is 0. The van der Waals surface area contributed by atoms with Gasteiger partial charge in [-0.15, -0.1) is 22.6 Å². The van der Waals surface area contributed by atoms with Gasteiger partial charge in [0.05, 0.1) is 5.56 Å². The number of pyridine rings is 1. The number of amides is 1. The summed E-state index contributed by atoms with van der Waals surface area (Å²) in [5, 5.41) is 6.97. The standard InChI is InChI=1S/C6H3N3O.ClH/c10-6-4-3-7-2-1-5(4)8-9-6;/h1-3H;1H. The van der Waals surface area contributed by atoms with E-state index in [4.69, 9.17) is 0 Å². The Kier molecular flexibility index (Phi) is 1.96. The SMILES string of the molecule is Cl.O=C1N=Nc2ccncc21. The van der Waals surface area contributed by atoms with Crippen LogP contribution in [0.2, 0.25) is 0 Å². The fraction of sp³-hybridized carbons (Fsp3) is 0. The van der Waals surface area contributed by atoms with Gasteiger partial charge >= 0.3 is 0 Å². The molecule has 0 bridgehead atoms. The zero-order valence-electron chi connectivity index (χ0n) is 5.39. The van der Waals surface area contributed by atoms with Gasteiger partial charge in [0.25, 0.3) is 5.91 Å². The number of halogens is 1. The first-order valence-corrected chi connectivity index (χ1v) is 2.78. The van der Waals surface area contributed by atoms with Gasteiger partial charge in [0.2, 0.25) is 0 Å². The van der Waals surface area contributed by atoms with E-state index in [1.807, 2.05) is 0 Å². The first-order valence-electron chi connectivity index (χ1n) is 2.78. The largest absolute Gasteiger partial charge is 0.299 e. The van der Waals surface area contributed by atoms with E-state index < -0.39 is 0 Å². The van der Waals surface area contributed by atoms with Crippen LogP contribution in [0.25, 0.3) is 0 Å². The predicted molar refractivity (Wildman–Crippen MR) is 40.3 cm³/mol. The van der Waals surface area contributed by atoms with Crippen LogP contribution >= 0.6 is 12.4 Å². The first-order chi connectivity index (χ1) is 4.88. The van der Waals surface area contributed by atoms with Crippen LogP contribution in [0.15, 0.2) is 28.7 Å². The summed E-state index contributed by atoms with van der Waals surface area (Å²) >= 11 is 0. The van der Waals surface area contributed by atoms with E-state index in [2.05, 4.69) is 15.2 Å². The van der Waals surface area contributed by atoms with Gasteiger partial charge in [0.1, 0.15) is 5.69 Å². The molecule has 0 spiro atoms. The van der Waals surface area contributed by atoms with E-state index in [0.29, 0.717) is 11.3 Å². The van der Waals surface area contributed by atoms with Gasteiger partial charge in [-0.2, -0.15) is 0 Å². The lowest BCUT2D eigenvalue weighted by Crippen LogP contribution is -1.88. The Hall–Kier alpha value is -1.29. The summed E-state index contributed by atoms with van der Waals surface area (Å²) in [6.45, 7) is 0. The molecule has 0 aliphatic carbocycles. The minimum Gasteiger partial charge on any atom is -0.265 e. The van der Waals surface area contributed by atoms with E-state index in [1.54, 1.807) is 12.3 Å². The number of azo groups is 1. The van der Waals surface area contributed by atoms with Crippen molar-refractivity contribution in [2.75, 3.05) is 0 Å². The third-order valence-electron chi connectivity index (χ3n) is 1.28. The van der Waals surface area contributed by atoms with Gasteiger partial charge in [-0.25, -0.2) is 0 Å². The molecule has 1 aliphatic rings. The smallest absolute Gasteiger partial charge is 0.265 e. The Labute approximate surface area is 68.8 Å². The summed E-state index contributed by atoms with van der Waals surface area (Å²) in [6, 6.07) is 1.66. The molecule has 2 heterocycles. The number of aromatic nitrogens is 1. The van der Waals surface area contributed by atoms with Crippen LogP contribution in [-0.4, -0.2) is 10.9 Å². The quantitative estimate of drug-likeness (QED) is 0.594. The molecule has 0 aromatic carbocycles. The summed E-state index contributed by atoms with van der Waals surface area (Å²) in [7, 11) is 0. The minimum atomic E-state index is -0.303. The van der Waals surface area contributed by atoms with Crippen molar-refractivity contribution in [2.45, 2.75) is 0 Å². The lowest BCUT2D eigenvalue weighted by molar-refractivity contribution is 0.100. The lowest BCUT2D eigenvalue weighted by Gasteiger charge is -1.87. The molecule has 56 valence electrons. The monoisotopic (exact) mass is 169 g/mol. The van der Waals surface area contributed by atoms with Gasteiger partial charge in [-0.3, -0.25) is 9.78 Å². The third kappa shape index (κ3) is 1.12. The van der Waals surface area contributed by atoms with Crippen molar-refractivity contribution in [3.8, 4) is 0 Å². The highest BCUT2D eigenvalue weighted by molar-refractivity contribution is 6.01. The maximum absolute atomic E-state index is 10.8. The molecule has 0 radical (unpaired) electrons. The molecule has 0 atom stereocenters. The van der Waals surface area contributed by atoms with E-state index in [-0.39, 0.29) is 18.3 Å².